The average molecular weight is 263 g/mol. The van der Waals surface area contributed by atoms with Gasteiger partial charge >= 0.3 is 0 Å². The maximum atomic E-state index is 11.8. The van der Waals surface area contributed by atoms with Gasteiger partial charge in [0.05, 0.1) is 6.04 Å². The van der Waals surface area contributed by atoms with Crippen LogP contribution in [0.3, 0.4) is 0 Å². The van der Waals surface area contributed by atoms with Crippen LogP contribution in [-0.2, 0) is 16.0 Å². The molecule has 4 heteroatoms. The number of phenols is 1. The Morgan fingerprint density at radius 3 is 2.58 bits per heavy atom. The van der Waals surface area contributed by atoms with Gasteiger partial charge in [-0.05, 0) is 37.0 Å². The van der Waals surface area contributed by atoms with E-state index in [2.05, 4.69) is 0 Å². The summed E-state index contributed by atoms with van der Waals surface area (Å²) in [4.78, 5) is 22.3. The second-order valence-corrected chi connectivity index (χ2v) is 4.95. The first-order valence-corrected chi connectivity index (χ1v) is 6.54. The number of rotatable bonds is 8. The number of benzene rings is 1. The molecule has 0 bridgehead atoms. The van der Waals surface area contributed by atoms with Crippen molar-refractivity contribution in [1.82, 2.24) is 0 Å². The Hall–Kier alpha value is -1.68. The first-order chi connectivity index (χ1) is 9.02. The monoisotopic (exact) mass is 263 g/mol. The number of carbonyl (C=O) groups is 2. The van der Waals surface area contributed by atoms with Gasteiger partial charge in [0.15, 0.2) is 0 Å². The third kappa shape index (κ3) is 5.66. The van der Waals surface area contributed by atoms with Gasteiger partial charge in [-0.2, -0.15) is 0 Å². The van der Waals surface area contributed by atoms with Gasteiger partial charge in [0.25, 0.3) is 0 Å². The molecule has 1 aromatic carbocycles. The molecule has 1 rings (SSSR count). The molecule has 3 N–H and O–H groups in total. The highest BCUT2D eigenvalue weighted by Gasteiger charge is 2.14. The summed E-state index contributed by atoms with van der Waals surface area (Å²) < 4.78 is 0. The van der Waals surface area contributed by atoms with Gasteiger partial charge in [-0.1, -0.05) is 19.1 Å². The summed E-state index contributed by atoms with van der Waals surface area (Å²) in [7, 11) is 0. The topological polar surface area (TPSA) is 80.4 Å². The van der Waals surface area contributed by atoms with Crippen molar-refractivity contribution in [3.8, 4) is 5.75 Å². The number of carbonyl (C=O) groups excluding carboxylic acids is 2. The van der Waals surface area contributed by atoms with E-state index in [1.165, 1.54) is 0 Å². The van der Waals surface area contributed by atoms with E-state index in [0.717, 1.165) is 18.3 Å². The average Bonchev–Trinajstić information content (AvgIpc) is 2.40. The number of hydrogen-bond donors (Lipinski definition) is 2. The number of nitrogens with two attached hydrogens (primary N) is 1. The van der Waals surface area contributed by atoms with E-state index in [-0.39, 0.29) is 17.5 Å². The molecule has 0 saturated heterocycles. The Kier molecular flexibility index (Phi) is 6.22. The molecule has 0 heterocycles. The smallest absolute Gasteiger partial charge is 0.149 e. The predicted molar refractivity (Wildman–Crippen MR) is 73.9 cm³/mol. The molecule has 0 aliphatic rings. The molecule has 0 aliphatic heterocycles. The summed E-state index contributed by atoms with van der Waals surface area (Å²) in [6.45, 7) is 1.84. The van der Waals surface area contributed by atoms with E-state index in [0.29, 0.717) is 19.3 Å². The number of phenolic OH excluding ortho intramolecular Hbond substituents is 1. The van der Waals surface area contributed by atoms with Crippen molar-refractivity contribution < 1.29 is 14.7 Å². The molecular weight excluding hydrogens is 242 g/mol. The molecule has 19 heavy (non-hydrogen) atoms. The van der Waals surface area contributed by atoms with Crippen molar-refractivity contribution >= 4 is 12.1 Å². The molecule has 0 aliphatic carbocycles. The summed E-state index contributed by atoms with van der Waals surface area (Å²) in [6.07, 6.45) is 3.21. The van der Waals surface area contributed by atoms with E-state index in [1.807, 2.05) is 6.92 Å². The van der Waals surface area contributed by atoms with Crippen LogP contribution in [0.4, 0.5) is 0 Å². The molecule has 0 spiro atoms. The molecule has 0 fully saturated rings. The highest BCUT2D eigenvalue weighted by Crippen LogP contribution is 2.12. The molecule has 1 aromatic rings. The zero-order valence-electron chi connectivity index (χ0n) is 11.2. The standard InChI is InChI=1S/C15H21NO3/c1-11(10-17)3-2-4-15(19)14(16)9-12-5-7-13(18)8-6-12/h5-8,10-11,14,18H,2-4,9,16H2,1H3. The highest BCUT2D eigenvalue weighted by atomic mass is 16.3. The zero-order valence-corrected chi connectivity index (χ0v) is 11.2. The summed E-state index contributed by atoms with van der Waals surface area (Å²) in [5, 5.41) is 9.16. The van der Waals surface area contributed by atoms with E-state index in [9.17, 15) is 9.59 Å². The fourth-order valence-corrected chi connectivity index (χ4v) is 1.85. The lowest BCUT2D eigenvalue weighted by Gasteiger charge is -2.11. The minimum atomic E-state index is -0.518. The molecule has 104 valence electrons. The third-order valence-corrected chi connectivity index (χ3v) is 3.12. The fraction of sp³-hybridized carbons (Fsp3) is 0.467. The van der Waals surface area contributed by atoms with Crippen LogP contribution in [0.5, 0.6) is 5.75 Å². The van der Waals surface area contributed by atoms with Crippen LogP contribution in [-0.4, -0.2) is 23.2 Å². The van der Waals surface area contributed by atoms with Gasteiger partial charge in [0, 0.05) is 12.3 Å². The van der Waals surface area contributed by atoms with Gasteiger partial charge in [-0.15, -0.1) is 0 Å². The largest absolute Gasteiger partial charge is 0.508 e. The van der Waals surface area contributed by atoms with Crippen LogP contribution in [0.15, 0.2) is 24.3 Å². The Labute approximate surface area is 113 Å². The normalized spacial score (nSPS) is 13.8. The van der Waals surface area contributed by atoms with Gasteiger partial charge in [-0.25, -0.2) is 0 Å². The van der Waals surface area contributed by atoms with Crippen molar-refractivity contribution in [2.45, 2.75) is 38.6 Å². The number of aromatic hydroxyl groups is 1. The van der Waals surface area contributed by atoms with E-state index >= 15 is 0 Å². The van der Waals surface area contributed by atoms with Crippen LogP contribution >= 0.6 is 0 Å². The molecule has 0 saturated carbocycles. The van der Waals surface area contributed by atoms with Crippen molar-refractivity contribution in [3.05, 3.63) is 29.8 Å². The van der Waals surface area contributed by atoms with Gasteiger partial charge in [0.2, 0.25) is 0 Å². The lowest BCUT2D eigenvalue weighted by Crippen LogP contribution is -2.32. The second kappa shape index (κ2) is 7.69. The summed E-state index contributed by atoms with van der Waals surface area (Å²) >= 11 is 0. The Bertz CT molecular complexity index is 414. The lowest BCUT2D eigenvalue weighted by atomic mass is 9.98. The number of aldehydes is 1. The molecular formula is C15H21NO3. The first kappa shape index (κ1) is 15.4. The van der Waals surface area contributed by atoms with Crippen molar-refractivity contribution in [2.75, 3.05) is 0 Å². The number of Topliss-reactive ketones (excluding diaryl/α,β-unsaturated/α-hetero) is 1. The second-order valence-electron chi connectivity index (χ2n) is 4.95. The Balaban J connectivity index is 2.36. The lowest BCUT2D eigenvalue weighted by molar-refractivity contribution is -0.120. The number of hydrogen-bond acceptors (Lipinski definition) is 4. The molecule has 2 unspecified atom stereocenters. The quantitative estimate of drug-likeness (QED) is 0.701. The fourth-order valence-electron chi connectivity index (χ4n) is 1.85. The summed E-state index contributed by atoms with van der Waals surface area (Å²) in [5.74, 6) is 0.221. The maximum Gasteiger partial charge on any atom is 0.149 e. The molecule has 0 radical (unpaired) electrons. The molecule has 2 atom stereocenters. The minimum Gasteiger partial charge on any atom is -0.508 e. The maximum absolute atomic E-state index is 11.8. The molecule has 0 aromatic heterocycles. The van der Waals surface area contributed by atoms with Crippen molar-refractivity contribution in [1.29, 1.82) is 0 Å². The van der Waals surface area contributed by atoms with Gasteiger partial charge in [0.1, 0.15) is 17.8 Å². The van der Waals surface area contributed by atoms with Crippen molar-refractivity contribution in [2.24, 2.45) is 11.7 Å². The van der Waals surface area contributed by atoms with Crippen LogP contribution in [0.25, 0.3) is 0 Å². The predicted octanol–water partition coefficient (Wildman–Crippen LogP) is 1.84. The van der Waals surface area contributed by atoms with E-state index in [4.69, 9.17) is 10.8 Å². The molecule has 4 nitrogen and oxygen atoms in total. The third-order valence-electron chi connectivity index (χ3n) is 3.12. The SMILES string of the molecule is CC(C=O)CCCC(=O)C(N)Cc1ccc(O)cc1. The summed E-state index contributed by atoms with van der Waals surface area (Å²) in [6, 6.07) is 6.17. The van der Waals surface area contributed by atoms with E-state index < -0.39 is 6.04 Å². The van der Waals surface area contributed by atoms with Crippen molar-refractivity contribution in [3.63, 3.8) is 0 Å². The van der Waals surface area contributed by atoms with E-state index in [1.54, 1.807) is 24.3 Å². The van der Waals surface area contributed by atoms with Crippen LogP contribution in [0.2, 0.25) is 0 Å². The highest BCUT2D eigenvalue weighted by molar-refractivity contribution is 5.84. The van der Waals surface area contributed by atoms with Gasteiger partial charge < -0.3 is 15.6 Å². The van der Waals surface area contributed by atoms with Crippen LogP contribution < -0.4 is 5.73 Å². The zero-order chi connectivity index (χ0) is 14.3. The minimum absolute atomic E-state index is 0.00104. The van der Waals surface area contributed by atoms with Gasteiger partial charge in [-0.3, -0.25) is 4.79 Å². The Morgan fingerprint density at radius 1 is 1.37 bits per heavy atom. The number of ketones is 1. The summed E-state index contributed by atoms with van der Waals surface area (Å²) in [5.41, 5.74) is 6.79. The van der Waals surface area contributed by atoms with Crippen LogP contribution in [0, 0.1) is 5.92 Å². The molecule has 0 amide bonds. The van der Waals surface area contributed by atoms with Crippen LogP contribution in [0.1, 0.15) is 31.7 Å². The first-order valence-electron chi connectivity index (χ1n) is 6.54. The Morgan fingerprint density at radius 2 is 2.00 bits per heavy atom.